The number of aromatic nitrogens is 5. The predicted molar refractivity (Wildman–Crippen MR) is 93.7 cm³/mol. The number of benzene rings is 1. The summed E-state index contributed by atoms with van der Waals surface area (Å²) in [4.78, 5) is 15.3. The van der Waals surface area contributed by atoms with Crippen molar-refractivity contribution in [1.29, 1.82) is 0 Å². The number of alkyl halides is 6. The first-order chi connectivity index (χ1) is 14.1. The summed E-state index contributed by atoms with van der Waals surface area (Å²) in [5, 5.41) is 2.75. The van der Waals surface area contributed by atoms with Crippen LogP contribution in [0.1, 0.15) is 11.3 Å². The van der Waals surface area contributed by atoms with Gasteiger partial charge >= 0.3 is 12.4 Å². The van der Waals surface area contributed by atoms with Crippen molar-refractivity contribution in [3.05, 3.63) is 66.4 Å². The van der Waals surface area contributed by atoms with E-state index in [0.717, 1.165) is 16.5 Å². The van der Waals surface area contributed by atoms with Crippen molar-refractivity contribution in [2.75, 3.05) is 5.32 Å². The standard InChI is InChI=1S/C18H10F6N6/c19-17(20,21)10-1-3-11(4-2-10)27-12-5-6-26-16(28-12)14-15(18(22,23)24)29-13-9-25-7-8-30(13)14/h1-9H,(H,26,27,28). The Morgan fingerprint density at radius 3 is 2.23 bits per heavy atom. The van der Waals surface area contributed by atoms with Gasteiger partial charge in [0.2, 0.25) is 0 Å². The van der Waals surface area contributed by atoms with Crippen LogP contribution in [0.4, 0.5) is 37.8 Å². The number of rotatable bonds is 3. The largest absolute Gasteiger partial charge is 0.435 e. The minimum absolute atomic E-state index is 0.0375. The van der Waals surface area contributed by atoms with E-state index in [1.807, 2.05) is 0 Å². The maximum Gasteiger partial charge on any atom is 0.435 e. The summed E-state index contributed by atoms with van der Waals surface area (Å²) in [6, 6.07) is 5.50. The summed E-state index contributed by atoms with van der Waals surface area (Å²) < 4.78 is 79.7. The Kier molecular flexibility index (Phi) is 4.56. The van der Waals surface area contributed by atoms with Crippen molar-refractivity contribution in [1.82, 2.24) is 24.3 Å². The van der Waals surface area contributed by atoms with Gasteiger partial charge in [-0.3, -0.25) is 9.38 Å². The molecule has 0 aliphatic rings. The maximum atomic E-state index is 13.5. The second-order valence-electron chi connectivity index (χ2n) is 6.08. The fourth-order valence-electron chi connectivity index (χ4n) is 2.75. The van der Waals surface area contributed by atoms with Crippen LogP contribution in [0.3, 0.4) is 0 Å². The number of anilines is 2. The van der Waals surface area contributed by atoms with Gasteiger partial charge in [0, 0.05) is 24.3 Å². The van der Waals surface area contributed by atoms with E-state index in [9.17, 15) is 26.3 Å². The number of nitrogens with zero attached hydrogens (tertiary/aromatic N) is 5. The van der Waals surface area contributed by atoms with Crippen molar-refractivity contribution in [3.8, 4) is 11.5 Å². The minimum atomic E-state index is -4.76. The summed E-state index contributed by atoms with van der Waals surface area (Å²) in [6.45, 7) is 0. The fraction of sp³-hybridized carbons (Fsp3) is 0.111. The molecule has 0 saturated carbocycles. The molecule has 0 unspecified atom stereocenters. The Balaban J connectivity index is 1.73. The molecular weight excluding hydrogens is 414 g/mol. The van der Waals surface area contributed by atoms with Gasteiger partial charge in [-0.15, -0.1) is 0 Å². The Morgan fingerprint density at radius 1 is 0.833 bits per heavy atom. The van der Waals surface area contributed by atoms with E-state index < -0.39 is 23.6 Å². The van der Waals surface area contributed by atoms with Crippen molar-refractivity contribution in [2.24, 2.45) is 0 Å². The first kappa shape index (κ1) is 19.6. The quantitative estimate of drug-likeness (QED) is 0.471. The zero-order valence-electron chi connectivity index (χ0n) is 14.7. The SMILES string of the molecule is FC(F)(F)c1ccc(Nc2ccnc(-c3c(C(F)(F)F)nc4cnccn34)n2)cc1. The Morgan fingerprint density at radius 2 is 1.57 bits per heavy atom. The topological polar surface area (TPSA) is 68.0 Å². The molecule has 0 radical (unpaired) electrons. The molecule has 30 heavy (non-hydrogen) atoms. The van der Waals surface area contributed by atoms with E-state index in [2.05, 4.69) is 25.3 Å². The van der Waals surface area contributed by atoms with Gasteiger partial charge in [0.1, 0.15) is 11.5 Å². The number of hydrogen-bond donors (Lipinski definition) is 1. The fourth-order valence-corrected chi connectivity index (χ4v) is 2.75. The lowest BCUT2D eigenvalue weighted by atomic mass is 10.2. The summed E-state index contributed by atoms with van der Waals surface area (Å²) >= 11 is 0. The van der Waals surface area contributed by atoms with Gasteiger partial charge in [-0.1, -0.05) is 0 Å². The molecule has 4 aromatic rings. The lowest BCUT2D eigenvalue weighted by molar-refractivity contribution is -0.140. The van der Waals surface area contributed by atoms with Gasteiger partial charge in [-0.05, 0) is 30.3 Å². The van der Waals surface area contributed by atoms with Gasteiger partial charge in [0.25, 0.3) is 0 Å². The van der Waals surface area contributed by atoms with E-state index in [1.165, 1.54) is 43.0 Å². The van der Waals surface area contributed by atoms with E-state index in [0.29, 0.717) is 0 Å². The average Bonchev–Trinajstić information content (AvgIpc) is 3.08. The van der Waals surface area contributed by atoms with Gasteiger partial charge in [-0.25, -0.2) is 15.0 Å². The predicted octanol–water partition coefficient (Wildman–Crippen LogP) is 4.97. The van der Waals surface area contributed by atoms with Crippen molar-refractivity contribution < 1.29 is 26.3 Å². The molecule has 0 aliphatic carbocycles. The molecule has 3 heterocycles. The average molecular weight is 424 g/mol. The van der Waals surface area contributed by atoms with Gasteiger partial charge in [-0.2, -0.15) is 26.3 Å². The maximum absolute atomic E-state index is 13.5. The van der Waals surface area contributed by atoms with E-state index in [4.69, 9.17) is 0 Å². The second-order valence-corrected chi connectivity index (χ2v) is 6.08. The first-order valence-corrected chi connectivity index (χ1v) is 8.30. The van der Waals surface area contributed by atoms with Crippen LogP contribution in [-0.4, -0.2) is 24.3 Å². The first-order valence-electron chi connectivity index (χ1n) is 8.30. The summed E-state index contributed by atoms with van der Waals surface area (Å²) in [5.41, 5.74) is -2.15. The highest BCUT2D eigenvalue weighted by molar-refractivity contribution is 5.64. The second kappa shape index (κ2) is 6.97. The third-order valence-electron chi connectivity index (χ3n) is 4.05. The van der Waals surface area contributed by atoms with Crippen molar-refractivity contribution >= 4 is 17.2 Å². The zero-order valence-corrected chi connectivity index (χ0v) is 14.7. The smallest absolute Gasteiger partial charge is 0.340 e. The van der Waals surface area contributed by atoms with Gasteiger partial charge in [0.15, 0.2) is 17.2 Å². The molecule has 0 fully saturated rings. The molecule has 0 atom stereocenters. The number of halogens is 6. The molecule has 0 spiro atoms. The third kappa shape index (κ3) is 3.75. The summed E-state index contributed by atoms with van der Waals surface area (Å²) in [7, 11) is 0. The van der Waals surface area contributed by atoms with E-state index >= 15 is 0 Å². The summed E-state index contributed by atoms with van der Waals surface area (Å²) in [6.07, 6.45) is -4.25. The number of fused-ring (bicyclic) bond motifs is 1. The molecular formula is C18H10F6N6. The monoisotopic (exact) mass is 424 g/mol. The Labute approximate surface area is 164 Å². The van der Waals surface area contributed by atoms with Crippen molar-refractivity contribution in [2.45, 2.75) is 12.4 Å². The lowest BCUT2D eigenvalue weighted by Gasteiger charge is -2.10. The number of nitrogens with one attached hydrogen (secondary N) is 1. The molecule has 12 heteroatoms. The number of hydrogen-bond acceptors (Lipinski definition) is 5. The lowest BCUT2D eigenvalue weighted by Crippen LogP contribution is -2.09. The van der Waals surface area contributed by atoms with Crippen LogP contribution in [0.2, 0.25) is 0 Å². The molecule has 1 aromatic carbocycles. The highest BCUT2D eigenvalue weighted by Crippen LogP contribution is 2.36. The highest BCUT2D eigenvalue weighted by Gasteiger charge is 2.39. The van der Waals surface area contributed by atoms with Crippen LogP contribution in [-0.2, 0) is 12.4 Å². The van der Waals surface area contributed by atoms with E-state index in [-0.39, 0.29) is 28.7 Å². The number of imidazole rings is 1. The van der Waals surface area contributed by atoms with Gasteiger partial charge < -0.3 is 5.32 Å². The molecule has 0 saturated heterocycles. The van der Waals surface area contributed by atoms with E-state index in [1.54, 1.807) is 0 Å². The zero-order chi connectivity index (χ0) is 21.5. The molecule has 0 aliphatic heterocycles. The molecule has 154 valence electrons. The Hall–Kier alpha value is -3.70. The molecule has 3 aromatic heterocycles. The molecule has 0 amide bonds. The summed E-state index contributed by atoms with van der Waals surface area (Å²) in [5.74, 6) is -0.171. The van der Waals surface area contributed by atoms with Crippen LogP contribution < -0.4 is 5.32 Å². The molecule has 1 N–H and O–H groups in total. The normalized spacial score (nSPS) is 12.3. The third-order valence-corrected chi connectivity index (χ3v) is 4.05. The van der Waals surface area contributed by atoms with Crippen molar-refractivity contribution in [3.63, 3.8) is 0 Å². The molecule has 6 nitrogen and oxygen atoms in total. The van der Waals surface area contributed by atoms with Crippen LogP contribution in [0, 0.1) is 0 Å². The minimum Gasteiger partial charge on any atom is -0.340 e. The highest BCUT2D eigenvalue weighted by atomic mass is 19.4. The van der Waals surface area contributed by atoms with Crippen LogP contribution >= 0.6 is 0 Å². The Bertz CT molecular complexity index is 1200. The van der Waals surface area contributed by atoms with Crippen LogP contribution in [0.15, 0.2) is 55.1 Å². The molecule has 4 rings (SSSR count). The van der Waals surface area contributed by atoms with Crippen LogP contribution in [0.5, 0.6) is 0 Å². The molecule has 0 bridgehead atoms. The van der Waals surface area contributed by atoms with Crippen LogP contribution in [0.25, 0.3) is 17.2 Å². The van der Waals surface area contributed by atoms with Gasteiger partial charge in [0.05, 0.1) is 11.8 Å².